The SMILES string of the molecule is COc1ccccc1/C=C/C1=NN(c2cccc(S(=O)(=O)O)c2)C2(C1)SCC(=O)N2c1nc2ccccc2s1. The molecule has 0 aliphatic carbocycles. The molecule has 39 heavy (non-hydrogen) atoms. The van der Waals surface area contributed by atoms with E-state index in [-0.39, 0.29) is 16.6 Å². The van der Waals surface area contributed by atoms with E-state index in [1.807, 2.05) is 60.7 Å². The average molecular weight is 579 g/mol. The highest BCUT2D eigenvalue weighted by atomic mass is 32.2. The molecular formula is C27H22N4O5S3. The van der Waals surface area contributed by atoms with Crippen LogP contribution in [0.1, 0.15) is 12.0 Å². The molecule has 1 unspecified atom stereocenters. The second kappa shape index (κ2) is 9.79. The first kappa shape index (κ1) is 25.6. The van der Waals surface area contributed by atoms with Gasteiger partial charge in [-0.3, -0.25) is 14.2 Å². The first-order chi connectivity index (χ1) is 18.8. The Kier molecular flexibility index (Phi) is 6.42. The molecule has 4 aromatic rings. The number of hydrogen-bond acceptors (Lipinski definition) is 9. The number of rotatable bonds is 6. The highest BCUT2D eigenvalue weighted by Gasteiger charge is 2.56. The summed E-state index contributed by atoms with van der Waals surface area (Å²) in [5.41, 5.74) is 2.74. The van der Waals surface area contributed by atoms with Crippen molar-refractivity contribution in [3.8, 4) is 5.75 Å². The zero-order chi connectivity index (χ0) is 27.2. The van der Waals surface area contributed by atoms with E-state index in [4.69, 9.17) is 14.8 Å². The lowest BCUT2D eigenvalue weighted by atomic mass is 10.1. The molecule has 2 aliphatic rings. The summed E-state index contributed by atoms with van der Waals surface area (Å²) in [6.45, 7) is 0. The number of amides is 1. The number of para-hydroxylation sites is 2. The van der Waals surface area contributed by atoms with Gasteiger partial charge in [-0.1, -0.05) is 59.5 Å². The molecule has 0 radical (unpaired) electrons. The standard InChI is InChI=1S/C27H22N4O5S3/c1-36-23-11-4-2-7-18(23)13-14-19-16-27(31(29-19)20-8-6-9-21(15-20)39(33,34)35)30(25(32)17-37-27)26-28-22-10-3-5-12-24(22)38-26/h2-15H,16-17H2,1H3,(H,33,34,35)/b14-13+. The highest BCUT2D eigenvalue weighted by molar-refractivity contribution is 8.02. The molecule has 1 N–H and O–H groups in total. The first-order valence-corrected chi connectivity index (χ1v) is 15.1. The Balaban J connectivity index is 1.47. The van der Waals surface area contributed by atoms with E-state index >= 15 is 0 Å². The number of aromatic nitrogens is 1. The summed E-state index contributed by atoms with van der Waals surface area (Å²) in [7, 11) is -2.85. The van der Waals surface area contributed by atoms with Crippen LogP contribution in [0.15, 0.2) is 88.9 Å². The number of anilines is 2. The second-order valence-electron chi connectivity index (χ2n) is 8.85. The van der Waals surface area contributed by atoms with Crippen molar-refractivity contribution in [3.05, 3.63) is 84.4 Å². The lowest BCUT2D eigenvalue weighted by Gasteiger charge is -2.39. The van der Waals surface area contributed by atoms with Crippen LogP contribution in [0.2, 0.25) is 0 Å². The van der Waals surface area contributed by atoms with Crippen molar-refractivity contribution in [2.24, 2.45) is 5.10 Å². The Morgan fingerprint density at radius 1 is 1.05 bits per heavy atom. The van der Waals surface area contributed by atoms with Crippen molar-refractivity contribution in [1.82, 2.24) is 4.98 Å². The third-order valence-electron chi connectivity index (χ3n) is 6.42. The van der Waals surface area contributed by atoms with Crippen molar-refractivity contribution in [2.45, 2.75) is 16.3 Å². The van der Waals surface area contributed by atoms with Crippen LogP contribution in [0.3, 0.4) is 0 Å². The van der Waals surface area contributed by atoms with Crippen molar-refractivity contribution in [1.29, 1.82) is 0 Å². The molecule has 198 valence electrons. The van der Waals surface area contributed by atoms with Crippen LogP contribution in [0, 0.1) is 0 Å². The lowest BCUT2D eigenvalue weighted by molar-refractivity contribution is -0.116. The van der Waals surface area contributed by atoms with Gasteiger partial charge in [0.15, 0.2) is 10.1 Å². The zero-order valence-electron chi connectivity index (χ0n) is 20.6. The van der Waals surface area contributed by atoms with Gasteiger partial charge >= 0.3 is 0 Å². The average Bonchev–Trinajstić information content (AvgIpc) is 3.62. The van der Waals surface area contributed by atoms with Crippen LogP contribution in [0.25, 0.3) is 16.3 Å². The van der Waals surface area contributed by atoms with E-state index in [0.717, 1.165) is 15.8 Å². The maximum Gasteiger partial charge on any atom is 0.294 e. The number of thioether (sulfide) groups is 1. The van der Waals surface area contributed by atoms with Crippen molar-refractivity contribution >= 4 is 71.9 Å². The molecular weight excluding hydrogens is 557 g/mol. The van der Waals surface area contributed by atoms with Gasteiger partial charge in [0, 0.05) is 12.0 Å². The molecule has 1 aromatic heterocycles. The number of thiazole rings is 1. The van der Waals surface area contributed by atoms with Crippen LogP contribution >= 0.6 is 23.1 Å². The first-order valence-electron chi connectivity index (χ1n) is 11.9. The molecule has 1 amide bonds. The van der Waals surface area contributed by atoms with Crippen LogP contribution < -0.4 is 14.6 Å². The Hall–Kier alpha value is -3.71. The van der Waals surface area contributed by atoms with Crippen LogP contribution in [0.5, 0.6) is 5.75 Å². The number of ether oxygens (including phenoxy) is 1. The number of nitrogens with zero attached hydrogens (tertiary/aromatic N) is 4. The third-order valence-corrected chi connectivity index (χ3v) is 9.65. The van der Waals surface area contributed by atoms with Gasteiger partial charge < -0.3 is 4.74 Å². The fraction of sp³-hybridized carbons (Fsp3) is 0.148. The molecule has 2 aliphatic heterocycles. The predicted octanol–water partition coefficient (Wildman–Crippen LogP) is 5.26. The number of hydrogen-bond donors (Lipinski definition) is 1. The van der Waals surface area contributed by atoms with Crippen LogP contribution in [0.4, 0.5) is 10.8 Å². The minimum absolute atomic E-state index is 0.125. The third kappa shape index (κ3) is 4.59. The highest BCUT2D eigenvalue weighted by Crippen LogP contribution is 2.51. The van der Waals surface area contributed by atoms with Gasteiger partial charge in [-0.05, 0) is 48.6 Å². The quantitative estimate of drug-likeness (QED) is 0.308. The maximum atomic E-state index is 13.4. The monoisotopic (exact) mass is 578 g/mol. The summed E-state index contributed by atoms with van der Waals surface area (Å²) in [6, 6.07) is 21.2. The normalized spacial score (nSPS) is 19.5. The zero-order valence-corrected chi connectivity index (χ0v) is 23.0. The van der Waals surface area contributed by atoms with Gasteiger partial charge in [0.25, 0.3) is 10.1 Å². The second-order valence-corrected chi connectivity index (χ2v) is 12.5. The number of carbonyl (C=O) groups is 1. The van der Waals surface area contributed by atoms with Gasteiger partial charge in [-0.2, -0.15) is 13.5 Å². The summed E-state index contributed by atoms with van der Waals surface area (Å²) in [6.07, 6.45) is 4.11. The molecule has 9 nitrogen and oxygen atoms in total. The van der Waals surface area contributed by atoms with Gasteiger partial charge in [-0.15, -0.1) is 0 Å². The van der Waals surface area contributed by atoms with E-state index in [1.165, 1.54) is 41.3 Å². The molecule has 0 saturated carbocycles. The van der Waals surface area contributed by atoms with Crippen LogP contribution in [-0.4, -0.2) is 47.4 Å². The van der Waals surface area contributed by atoms with Crippen molar-refractivity contribution in [2.75, 3.05) is 22.8 Å². The summed E-state index contributed by atoms with van der Waals surface area (Å²) < 4.78 is 40.0. The van der Waals surface area contributed by atoms with E-state index < -0.39 is 15.1 Å². The lowest BCUT2D eigenvalue weighted by Crippen LogP contribution is -2.53. The topological polar surface area (TPSA) is 112 Å². The molecule has 1 saturated heterocycles. The molecule has 6 rings (SSSR count). The minimum Gasteiger partial charge on any atom is -0.496 e. The summed E-state index contributed by atoms with van der Waals surface area (Å²) in [5, 5.41) is 7.05. The Morgan fingerprint density at radius 2 is 1.85 bits per heavy atom. The Bertz CT molecular complexity index is 1730. The summed E-state index contributed by atoms with van der Waals surface area (Å²) in [4.78, 5) is 18.5. The molecule has 3 heterocycles. The smallest absolute Gasteiger partial charge is 0.294 e. The predicted molar refractivity (Wildman–Crippen MR) is 155 cm³/mol. The van der Waals surface area contributed by atoms with E-state index in [2.05, 4.69) is 0 Å². The maximum absolute atomic E-state index is 13.4. The Morgan fingerprint density at radius 3 is 2.64 bits per heavy atom. The Labute approximate surface area is 233 Å². The molecule has 1 atom stereocenters. The van der Waals surface area contributed by atoms with Gasteiger partial charge in [0.2, 0.25) is 5.91 Å². The van der Waals surface area contributed by atoms with Crippen molar-refractivity contribution in [3.63, 3.8) is 0 Å². The van der Waals surface area contributed by atoms with E-state index in [9.17, 15) is 17.8 Å². The summed E-state index contributed by atoms with van der Waals surface area (Å²) in [5.74, 6) is 0.783. The molecule has 1 spiro atoms. The molecule has 3 aromatic carbocycles. The largest absolute Gasteiger partial charge is 0.496 e. The molecule has 1 fully saturated rings. The summed E-state index contributed by atoms with van der Waals surface area (Å²) >= 11 is 2.82. The molecule has 12 heteroatoms. The van der Waals surface area contributed by atoms with E-state index in [1.54, 1.807) is 23.1 Å². The van der Waals surface area contributed by atoms with Crippen LogP contribution in [-0.2, 0) is 14.9 Å². The minimum atomic E-state index is -4.45. The number of methoxy groups -OCH3 is 1. The number of benzene rings is 3. The van der Waals surface area contributed by atoms with Gasteiger partial charge in [0.05, 0.1) is 39.4 Å². The van der Waals surface area contributed by atoms with Gasteiger partial charge in [-0.25, -0.2) is 9.99 Å². The fourth-order valence-corrected chi connectivity index (χ4v) is 7.62. The van der Waals surface area contributed by atoms with Crippen molar-refractivity contribution < 1.29 is 22.5 Å². The number of hydrazone groups is 1. The van der Waals surface area contributed by atoms with Gasteiger partial charge in [0.1, 0.15) is 5.75 Å². The number of carbonyl (C=O) groups excluding carboxylic acids is 1. The number of allylic oxidation sites excluding steroid dienone is 1. The van der Waals surface area contributed by atoms with E-state index in [0.29, 0.717) is 28.7 Å². The molecule has 0 bridgehead atoms. The fourth-order valence-electron chi connectivity index (χ4n) is 4.67. The number of fused-ring (bicyclic) bond motifs is 1.